The Labute approximate surface area is 117 Å². The Balaban J connectivity index is 2.07. The van der Waals surface area contributed by atoms with Gasteiger partial charge in [0.1, 0.15) is 0 Å². The third-order valence-electron chi connectivity index (χ3n) is 3.60. The molecule has 1 aliphatic heterocycles. The topological polar surface area (TPSA) is 90.6 Å². The van der Waals surface area contributed by atoms with Crippen LogP contribution in [0.4, 0.5) is 5.69 Å². The largest absolute Gasteiger partial charge is 0.465 e. The summed E-state index contributed by atoms with van der Waals surface area (Å²) in [6.07, 6.45) is 0. The van der Waals surface area contributed by atoms with Crippen molar-refractivity contribution < 1.29 is 19.1 Å². The summed E-state index contributed by atoms with van der Waals surface area (Å²) >= 11 is 0. The lowest BCUT2D eigenvalue weighted by molar-refractivity contribution is -0.125. The Morgan fingerprint density at radius 1 is 1.40 bits per heavy atom. The van der Waals surface area contributed by atoms with Gasteiger partial charge in [-0.05, 0) is 31.2 Å². The lowest BCUT2D eigenvalue weighted by Gasteiger charge is -2.25. The van der Waals surface area contributed by atoms with Gasteiger partial charge in [-0.2, -0.15) is 0 Å². The molecular formula is C14H18N2O4. The number of hydrogen-bond donors (Lipinski definition) is 2. The van der Waals surface area contributed by atoms with E-state index in [1.807, 2.05) is 0 Å². The maximum Gasteiger partial charge on any atom is 0.337 e. The van der Waals surface area contributed by atoms with E-state index >= 15 is 0 Å². The van der Waals surface area contributed by atoms with Crippen molar-refractivity contribution in [3.63, 3.8) is 0 Å². The standard InChI is InChI=1S/C14H18N2O4/c1-14(8-20-7-11(14)15)13(18)16-10-5-3-9(4-6-10)12(17)19-2/h3-6,11H,7-8,15H2,1-2H3,(H,16,18). The van der Waals surface area contributed by atoms with Crippen LogP contribution in [0.25, 0.3) is 0 Å². The van der Waals surface area contributed by atoms with Gasteiger partial charge >= 0.3 is 5.97 Å². The third-order valence-corrected chi connectivity index (χ3v) is 3.60. The SMILES string of the molecule is COC(=O)c1ccc(NC(=O)C2(C)COCC2N)cc1. The molecule has 0 bridgehead atoms. The van der Waals surface area contributed by atoms with Crippen molar-refractivity contribution >= 4 is 17.6 Å². The number of anilines is 1. The minimum Gasteiger partial charge on any atom is -0.465 e. The molecule has 0 aliphatic carbocycles. The van der Waals surface area contributed by atoms with Crippen LogP contribution in [0.3, 0.4) is 0 Å². The molecule has 2 atom stereocenters. The molecule has 2 unspecified atom stereocenters. The molecule has 1 aliphatic rings. The first-order chi connectivity index (χ1) is 9.47. The van der Waals surface area contributed by atoms with Crippen molar-refractivity contribution in [1.29, 1.82) is 0 Å². The van der Waals surface area contributed by atoms with Crippen molar-refractivity contribution in [3.8, 4) is 0 Å². The predicted octanol–water partition coefficient (Wildman–Crippen LogP) is 0.775. The van der Waals surface area contributed by atoms with E-state index in [0.717, 1.165) is 0 Å². The highest BCUT2D eigenvalue weighted by Gasteiger charge is 2.44. The summed E-state index contributed by atoms with van der Waals surface area (Å²) in [6.45, 7) is 2.47. The zero-order valence-electron chi connectivity index (χ0n) is 11.5. The molecule has 1 saturated heterocycles. The van der Waals surface area contributed by atoms with E-state index in [0.29, 0.717) is 24.5 Å². The Morgan fingerprint density at radius 2 is 2.05 bits per heavy atom. The smallest absolute Gasteiger partial charge is 0.337 e. The van der Waals surface area contributed by atoms with Crippen LogP contribution in [0.15, 0.2) is 24.3 Å². The van der Waals surface area contributed by atoms with Crippen molar-refractivity contribution in [1.82, 2.24) is 0 Å². The highest BCUT2D eigenvalue weighted by Crippen LogP contribution is 2.28. The molecule has 1 heterocycles. The van der Waals surface area contributed by atoms with E-state index < -0.39 is 11.4 Å². The lowest BCUT2D eigenvalue weighted by Crippen LogP contribution is -2.47. The Morgan fingerprint density at radius 3 is 2.55 bits per heavy atom. The summed E-state index contributed by atoms with van der Waals surface area (Å²) in [5.74, 6) is -0.602. The molecule has 0 aromatic heterocycles. The maximum absolute atomic E-state index is 12.3. The average molecular weight is 278 g/mol. The van der Waals surface area contributed by atoms with Crippen LogP contribution in [0.1, 0.15) is 17.3 Å². The monoisotopic (exact) mass is 278 g/mol. The molecule has 3 N–H and O–H groups in total. The zero-order valence-corrected chi connectivity index (χ0v) is 11.5. The van der Waals surface area contributed by atoms with Gasteiger partial charge in [0.25, 0.3) is 0 Å². The van der Waals surface area contributed by atoms with E-state index in [1.54, 1.807) is 31.2 Å². The second kappa shape index (κ2) is 5.60. The molecule has 2 rings (SSSR count). The summed E-state index contributed by atoms with van der Waals surface area (Å²) in [5.41, 5.74) is 6.20. The van der Waals surface area contributed by atoms with Gasteiger partial charge in [-0.15, -0.1) is 0 Å². The van der Waals surface area contributed by atoms with Crippen molar-refractivity contribution in [3.05, 3.63) is 29.8 Å². The van der Waals surface area contributed by atoms with Crippen molar-refractivity contribution in [2.75, 3.05) is 25.6 Å². The maximum atomic E-state index is 12.3. The number of methoxy groups -OCH3 is 1. The Hall–Kier alpha value is -1.92. The molecular weight excluding hydrogens is 260 g/mol. The first-order valence-corrected chi connectivity index (χ1v) is 6.30. The summed E-state index contributed by atoms with van der Waals surface area (Å²) in [5, 5.41) is 2.79. The lowest BCUT2D eigenvalue weighted by atomic mass is 9.85. The molecule has 1 amide bonds. The van der Waals surface area contributed by atoms with Crippen molar-refractivity contribution in [2.24, 2.45) is 11.1 Å². The van der Waals surface area contributed by atoms with Gasteiger partial charge in [-0.25, -0.2) is 4.79 Å². The third kappa shape index (κ3) is 2.66. The molecule has 6 nitrogen and oxygen atoms in total. The van der Waals surface area contributed by atoms with Crippen LogP contribution in [0.2, 0.25) is 0 Å². The zero-order chi connectivity index (χ0) is 14.8. The normalized spacial score (nSPS) is 25.2. The molecule has 0 radical (unpaired) electrons. The number of ether oxygens (including phenoxy) is 2. The van der Waals surface area contributed by atoms with Gasteiger partial charge in [0.05, 0.1) is 31.3 Å². The van der Waals surface area contributed by atoms with E-state index in [2.05, 4.69) is 10.1 Å². The fourth-order valence-electron chi connectivity index (χ4n) is 2.00. The number of amides is 1. The summed E-state index contributed by atoms with van der Waals surface area (Å²) < 4.78 is 9.86. The van der Waals surface area contributed by atoms with Gasteiger partial charge in [0.15, 0.2) is 0 Å². The van der Waals surface area contributed by atoms with Crippen LogP contribution in [0, 0.1) is 5.41 Å². The molecule has 1 aromatic rings. The average Bonchev–Trinajstić information content (AvgIpc) is 2.80. The second-order valence-corrected chi connectivity index (χ2v) is 5.06. The Bertz CT molecular complexity index is 514. The second-order valence-electron chi connectivity index (χ2n) is 5.06. The summed E-state index contributed by atoms with van der Waals surface area (Å²) in [7, 11) is 1.32. The van der Waals surface area contributed by atoms with E-state index in [4.69, 9.17) is 10.5 Å². The minimum atomic E-state index is -0.735. The van der Waals surface area contributed by atoms with Crippen molar-refractivity contribution in [2.45, 2.75) is 13.0 Å². The number of nitrogens with two attached hydrogens (primary N) is 1. The Kier molecular flexibility index (Phi) is 4.06. The number of benzene rings is 1. The number of carbonyl (C=O) groups is 2. The number of carbonyl (C=O) groups excluding carboxylic acids is 2. The predicted molar refractivity (Wildman–Crippen MR) is 73.3 cm³/mol. The minimum absolute atomic E-state index is 0.187. The van der Waals surface area contributed by atoms with Crippen LogP contribution < -0.4 is 11.1 Å². The van der Waals surface area contributed by atoms with E-state index in [-0.39, 0.29) is 11.9 Å². The van der Waals surface area contributed by atoms with Crippen LogP contribution in [0.5, 0.6) is 0 Å². The number of nitrogens with one attached hydrogen (secondary N) is 1. The van der Waals surface area contributed by atoms with Gasteiger partial charge in [-0.3, -0.25) is 4.79 Å². The van der Waals surface area contributed by atoms with E-state index in [1.165, 1.54) is 7.11 Å². The van der Waals surface area contributed by atoms with Crippen LogP contribution >= 0.6 is 0 Å². The molecule has 108 valence electrons. The summed E-state index contributed by atoms with van der Waals surface area (Å²) in [4.78, 5) is 23.6. The highest BCUT2D eigenvalue weighted by molar-refractivity contribution is 5.96. The first kappa shape index (κ1) is 14.5. The number of esters is 1. The molecule has 1 fully saturated rings. The number of hydrogen-bond acceptors (Lipinski definition) is 5. The van der Waals surface area contributed by atoms with Gasteiger partial charge < -0.3 is 20.5 Å². The molecule has 0 saturated carbocycles. The van der Waals surface area contributed by atoms with E-state index in [9.17, 15) is 9.59 Å². The van der Waals surface area contributed by atoms with Gasteiger partial charge in [0.2, 0.25) is 5.91 Å². The first-order valence-electron chi connectivity index (χ1n) is 6.30. The molecule has 0 spiro atoms. The quantitative estimate of drug-likeness (QED) is 0.797. The van der Waals surface area contributed by atoms with Crippen LogP contribution in [-0.2, 0) is 14.3 Å². The molecule has 6 heteroatoms. The van der Waals surface area contributed by atoms with Gasteiger partial charge in [0, 0.05) is 11.7 Å². The van der Waals surface area contributed by atoms with Crippen LogP contribution in [-0.4, -0.2) is 38.2 Å². The molecule has 20 heavy (non-hydrogen) atoms. The fraction of sp³-hybridized carbons (Fsp3) is 0.429. The highest BCUT2D eigenvalue weighted by atomic mass is 16.5. The number of rotatable bonds is 3. The molecule has 1 aromatic carbocycles. The van der Waals surface area contributed by atoms with Gasteiger partial charge in [-0.1, -0.05) is 0 Å². The fourth-order valence-corrected chi connectivity index (χ4v) is 2.00. The summed E-state index contributed by atoms with van der Waals surface area (Å²) in [6, 6.07) is 6.16.